The lowest BCUT2D eigenvalue weighted by Gasteiger charge is -2.26. The van der Waals surface area contributed by atoms with Gasteiger partial charge in [-0.1, -0.05) is 0 Å². The second-order valence-corrected chi connectivity index (χ2v) is 6.15. The summed E-state index contributed by atoms with van der Waals surface area (Å²) in [7, 11) is 6.53. The molecule has 6 nitrogen and oxygen atoms in total. The summed E-state index contributed by atoms with van der Waals surface area (Å²) in [5.74, 6) is 1.56. The standard InChI is InChI=1S/C15H20N2O4S/c1-16(2)13(18)8-17-14(19)9-22-15(17)11-7-10(20-3)5-6-12(11)21-4/h5-7,15H,8-9H2,1-4H3. The molecule has 0 aromatic heterocycles. The van der Waals surface area contributed by atoms with E-state index >= 15 is 0 Å². The van der Waals surface area contributed by atoms with Gasteiger partial charge in [0, 0.05) is 19.7 Å². The molecule has 2 amide bonds. The fourth-order valence-corrected chi connectivity index (χ4v) is 3.40. The van der Waals surface area contributed by atoms with Crippen LogP contribution in [0.15, 0.2) is 18.2 Å². The molecular weight excluding hydrogens is 304 g/mol. The first kappa shape index (κ1) is 16.5. The maximum Gasteiger partial charge on any atom is 0.241 e. The molecule has 1 aromatic carbocycles. The molecule has 1 unspecified atom stereocenters. The molecule has 120 valence electrons. The predicted octanol–water partition coefficient (Wildman–Crippen LogP) is 1.37. The Morgan fingerprint density at radius 2 is 2.09 bits per heavy atom. The van der Waals surface area contributed by atoms with Gasteiger partial charge in [-0.25, -0.2) is 0 Å². The second kappa shape index (κ2) is 6.91. The highest BCUT2D eigenvalue weighted by atomic mass is 32.2. The third-order valence-electron chi connectivity index (χ3n) is 3.48. The zero-order valence-corrected chi connectivity index (χ0v) is 14.0. The van der Waals surface area contributed by atoms with Crippen LogP contribution in [0.2, 0.25) is 0 Å². The number of hydrogen-bond donors (Lipinski definition) is 0. The summed E-state index contributed by atoms with van der Waals surface area (Å²) in [6.45, 7) is 0.0594. The van der Waals surface area contributed by atoms with Crippen LogP contribution < -0.4 is 9.47 Å². The van der Waals surface area contributed by atoms with Crippen molar-refractivity contribution in [3.8, 4) is 11.5 Å². The Kier molecular flexibility index (Phi) is 5.18. The van der Waals surface area contributed by atoms with Crippen molar-refractivity contribution in [3.63, 3.8) is 0 Å². The molecular formula is C15H20N2O4S. The van der Waals surface area contributed by atoms with Crippen LogP contribution in [-0.2, 0) is 9.59 Å². The molecule has 0 radical (unpaired) electrons. The van der Waals surface area contributed by atoms with Crippen LogP contribution in [0.3, 0.4) is 0 Å². The van der Waals surface area contributed by atoms with Crippen molar-refractivity contribution in [3.05, 3.63) is 23.8 Å². The summed E-state index contributed by atoms with van der Waals surface area (Å²) in [5, 5.41) is -0.249. The summed E-state index contributed by atoms with van der Waals surface area (Å²) >= 11 is 1.48. The van der Waals surface area contributed by atoms with Gasteiger partial charge in [-0.05, 0) is 18.2 Å². The van der Waals surface area contributed by atoms with Crippen LogP contribution in [0.4, 0.5) is 0 Å². The van der Waals surface area contributed by atoms with Gasteiger partial charge in [0.05, 0.1) is 20.0 Å². The predicted molar refractivity (Wildman–Crippen MR) is 85.2 cm³/mol. The van der Waals surface area contributed by atoms with Crippen LogP contribution in [0.5, 0.6) is 11.5 Å². The zero-order chi connectivity index (χ0) is 16.3. The smallest absolute Gasteiger partial charge is 0.241 e. The minimum atomic E-state index is -0.249. The van der Waals surface area contributed by atoms with E-state index in [4.69, 9.17) is 9.47 Å². The van der Waals surface area contributed by atoms with E-state index in [9.17, 15) is 9.59 Å². The number of likely N-dealkylation sites (N-methyl/N-ethyl adjacent to an activating group) is 1. The lowest BCUT2D eigenvalue weighted by Crippen LogP contribution is -2.38. The monoisotopic (exact) mass is 324 g/mol. The molecule has 2 rings (SSSR count). The minimum absolute atomic E-state index is 0.0462. The van der Waals surface area contributed by atoms with E-state index in [1.54, 1.807) is 39.3 Å². The van der Waals surface area contributed by atoms with Gasteiger partial charge in [0.1, 0.15) is 23.4 Å². The number of carbonyl (C=O) groups excluding carboxylic acids is 2. The highest BCUT2D eigenvalue weighted by molar-refractivity contribution is 8.00. The van der Waals surface area contributed by atoms with Crippen LogP contribution in [-0.4, -0.2) is 62.2 Å². The molecule has 1 aliphatic rings. The molecule has 0 aliphatic carbocycles. The summed E-state index contributed by atoms with van der Waals surface area (Å²) in [6.07, 6.45) is 0. The van der Waals surface area contributed by atoms with Crippen LogP contribution >= 0.6 is 11.8 Å². The molecule has 0 spiro atoms. The average Bonchev–Trinajstić information content (AvgIpc) is 2.87. The van der Waals surface area contributed by atoms with Gasteiger partial charge >= 0.3 is 0 Å². The van der Waals surface area contributed by atoms with Gasteiger partial charge in [-0.3, -0.25) is 9.59 Å². The first-order valence-electron chi connectivity index (χ1n) is 6.81. The Balaban J connectivity index is 2.33. The number of carbonyl (C=O) groups is 2. The summed E-state index contributed by atoms with van der Waals surface area (Å²) < 4.78 is 10.6. The zero-order valence-electron chi connectivity index (χ0n) is 13.2. The number of ether oxygens (including phenoxy) is 2. The molecule has 1 aliphatic heterocycles. The first-order valence-corrected chi connectivity index (χ1v) is 7.86. The number of thioether (sulfide) groups is 1. The SMILES string of the molecule is COc1ccc(OC)c(C2SCC(=O)N2CC(=O)N(C)C)c1. The van der Waals surface area contributed by atoms with Crippen molar-refractivity contribution in [2.45, 2.75) is 5.37 Å². The number of benzene rings is 1. The Morgan fingerprint density at radius 1 is 1.36 bits per heavy atom. The minimum Gasteiger partial charge on any atom is -0.497 e. The van der Waals surface area contributed by atoms with E-state index < -0.39 is 0 Å². The van der Waals surface area contributed by atoms with E-state index in [0.717, 1.165) is 5.56 Å². The highest BCUT2D eigenvalue weighted by Gasteiger charge is 2.36. The van der Waals surface area contributed by atoms with Gasteiger partial charge in [-0.2, -0.15) is 0 Å². The van der Waals surface area contributed by atoms with E-state index in [1.807, 2.05) is 12.1 Å². The molecule has 1 heterocycles. The number of amides is 2. The van der Waals surface area contributed by atoms with Gasteiger partial charge in [0.25, 0.3) is 0 Å². The largest absolute Gasteiger partial charge is 0.497 e. The van der Waals surface area contributed by atoms with Gasteiger partial charge in [-0.15, -0.1) is 11.8 Å². The summed E-state index contributed by atoms with van der Waals surface area (Å²) in [4.78, 5) is 27.2. The van der Waals surface area contributed by atoms with Crippen molar-refractivity contribution in [1.82, 2.24) is 9.80 Å². The van der Waals surface area contributed by atoms with Gasteiger partial charge < -0.3 is 19.3 Å². The van der Waals surface area contributed by atoms with E-state index in [1.165, 1.54) is 16.7 Å². The maximum absolute atomic E-state index is 12.1. The van der Waals surface area contributed by atoms with E-state index in [2.05, 4.69) is 0 Å². The Hall–Kier alpha value is -1.89. The normalized spacial score (nSPS) is 17.5. The van der Waals surface area contributed by atoms with Crippen LogP contribution in [0.25, 0.3) is 0 Å². The molecule has 0 bridgehead atoms. The van der Waals surface area contributed by atoms with Crippen molar-refractivity contribution in [2.24, 2.45) is 0 Å². The first-order chi connectivity index (χ1) is 10.5. The molecule has 0 N–H and O–H groups in total. The fraction of sp³-hybridized carbons (Fsp3) is 0.467. The quantitative estimate of drug-likeness (QED) is 0.819. The number of methoxy groups -OCH3 is 2. The third-order valence-corrected chi connectivity index (χ3v) is 4.71. The summed E-state index contributed by atoms with van der Waals surface area (Å²) in [6, 6.07) is 5.46. The van der Waals surface area contributed by atoms with Crippen molar-refractivity contribution < 1.29 is 19.1 Å². The summed E-state index contributed by atoms with van der Waals surface area (Å²) in [5.41, 5.74) is 0.837. The van der Waals surface area contributed by atoms with E-state index in [-0.39, 0.29) is 23.7 Å². The Bertz CT molecular complexity index is 577. The van der Waals surface area contributed by atoms with Crippen molar-refractivity contribution in [1.29, 1.82) is 0 Å². The Labute approximate surface area is 134 Å². The molecule has 0 saturated carbocycles. The lowest BCUT2D eigenvalue weighted by molar-refractivity contribution is -0.137. The molecule has 22 heavy (non-hydrogen) atoms. The van der Waals surface area contributed by atoms with Crippen molar-refractivity contribution in [2.75, 3.05) is 40.6 Å². The number of nitrogens with zero attached hydrogens (tertiary/aromatic N) is 2. The average molecular weight is 324 g/mol. The van der Waals surface area contributed by atoms with Crippen molar-refractivity contribution >= 4 is 23.6 Å². The van der Waals surface area contributed by atoms with E-state index in [0.29, 0.717) is 17.3 Å². The van der Waals surface area contributed by atoms with Crippen LogP contribution in [0, 0.1) is 0 Å². The second-order valence-electron chi connectivity index (χ2n) is 5.08. The maximum atomic E-state index is 12.1. The number of hydrogen-bond acceptors (Lipinski definition) is 5. The van der Waals surface area contributed by atoms with Crippen LogP contribution in [0.1, 0.15) is 10.9 Å². The molecule has 1 saturated heterocycles. The number of rotatable bonds is 5. The third kappa shape index (κ3) is 3.30. The fourth-order valence-electron chi connectivity index (χ4n) is 2.20. The molecule has 1 aromatic rings. The Morgan fingerprint density at radius 3 is 2.68 bits per heavy atom. The molecule has 1 fully saturated rings. The lowest BCUT2D eigenvalue weighted by atomic mass is 10.1. The molecule has 7 heteroatoms. The topological polar surface area (TPSA) is 59.1 Å². The highest BCUT2D eigenvalue weighted by Crippen LogP contribution is 2.43. The molecule has 1 atom stereocenters. The van der Waals surface area contributed by atoms with Gasteiger partial charge in [0.15, 0.2) is 0 Å². The van der Waals surface area contributed by atoms with Gasteiger partial charge in [0.2, 0.25) is 11.8 Å².